The first-order chi connectivity index (χ1) is 24.2. The summed E-state index contributed by atoms with van der Waals surface area (Å²) in [4.78, 5) is 3.93. The van der Waals surface area contributed by atoms with Gasteiger partial charge in [0.25, 0.3) is 0 Å². The number of rotatable bonds is 3. The summed E-state index contributed by atoms with van der Waals surface area (Å²) in [6, 6.07) is 51.9. The molecule has 0 aliphatic rings. The number of para-hydroxylation sites is 4. The highest BCUT2D eigenvalue weighted by atomic mass is 16.3. The molecule has 0 saturated carbocycles. The highest BCUT2D eigenvalue weighted by Crippen LogP contribution is 2.43. The summed E-state index contributed by atoms with van der Waals surface area (Å²) in [5.74, 6) is 0. The van der Waals surface area contributed by atoms with Gasteiger partial charge in [0.2, 0.25) is 0 Å². The third kappa shape index (κ3) is 3.79. The van der Waals surface area contributed by atoms with Crippen LogP contribution < -0.4 is 0 Å². The van der Waals surface area contributed by atoms with E-state index in [1.54, 1.807) is 6.07 Å². The highest BCUT2D eigenvalue weighted by Gasteiger charge is 2.22. The van der Waals surface area contributed by atoms with Gasteiger partial charge in [0.05, 0.1) is 51.3 Å². The van der Waals surface area contributed by atoms with E-state index < -0.39 is 0 Å². The average Bonchev–Trinajstić information content (AvgIpc) is 3.82. The van der Waals surface area contributed by atoms with Crippen molar-refractivity contribution in [3.05, 3.63) is 163 Å². The maximum absolute atomic E-state index is 10.5. The maximum atomic E-state index is 10.5. The molecule has 0 unspecified atom stereocenters. The van der Waals surface area contributed by atoms with Crippen LogP contribution >= 0.6 is 0 Å². The van der Waals surface area contributed by atoms with Gasteiger partial charge in [0.1, 0.15) is 11.2 Å². The zero-order valence-electron chi connectivity index (χ0n) is 26.1. The molecule has 7 aromatic carbocycles. The Morgan fingerprint density at radius 1 is 0.571 bits per heavy atom. The van der Waals surface area contributed by atoms with Crippen molar-refractivity contribution < 1.29 is 4.42 Å². The molecule has 0 N–H and O–H groups in total. The van der Waals surface area contributed by atoms with Gasteiger partial charge in [-0.1, -0.05) is 84.9 Å². The van der Waals surface area contributed by atoms with Crippen molar-refractivity contribution in [1.29, 1.82) is 5.26 Å². The number of nitrogens with zero attached hydrogens (tertiary/aromatic N) is 4. The van der Waals surface area contributed by atoms with E-state index in [0.717, 1.165) is 71.6 Å². The van der Waals surface area contributed by atoms with Crippen molar-refractivity contribution in [2.75, 3.05) is 0 Å². The van der Waals surface area contributed by atoms with Crippen LogP contribution in [0.3, 0.4) is 0 Å². The molecule has 0 atom stereocenters. The van der Waals surface area contributed by atoms with Crippen LogP contribution in [-0.4, -0.2) is 9.13 Å². The third-order valence-electron chi connectivity index (χ3n) is 9.77. The lowest BCUT2D eigenvalue weighted by atomic mass is 9.99. The minimum atomic E-state index is 0.431. The van der Waals surface area contributed by atoms with Gasteiger partial charge in [-0.15, -0.1) is 0 Å². The molecule has 0 fully saturated rings. The van der Waals surface area contributed by atoms with Crippen LogP contribution in [0.15, 0.2) is 150 Å². The van der Waals surface area contributed by atoms with Crippen molar-refractivity contribution in [3.8, 4) is 28.6 Å². The second-order valence-corrected chi connectivity index (χ2v) is 12.3. The van der Waals surface area contributed by atoms with Gasteiger partial charge in [-0.3, -0.25) is 0 Å². The van der Waals surface area contributed by atoms with E-state index in [1.807, 2.05) is 48.5 Å². The summed E-state index contributed by atoms with van der Waals surface area (Å²) < 4.78 is 10.9. The smallest absolute Gasteiger partial charge is 0.196 e. The second kappa shape index (κ2) is 10.2. The molecule has 0 saturated heterocycles. The minimum absolute atomic E-state index is 0.431. The van der Waals surface area contributed by atoms with E-state index in [1.165, 1.54) is 10.8 Å². The molecule has 5 nitrogen and oxygen atoms in total. The molecule has 10 rings (SSSR count). The summed E-state index contributed by atoms with van der Waals surface area (Å²) in [7, 11) is 0. The number of fused-ring (bicyclic) bond motifs is 10. The SMILES string of the molecule is [C-]#[N+]c1cc(C#N)c(-n2c3ccccc3c3c4oc5ccccc5c4ccc32)cc1-c1cccc(-n2c3ccccc3c3ccccc32)c1. The predicted octanol–water partition coefficient (Wildman–Crippen LogP) is 11.9. The van der Waals surface area contributed by atoms with E-state index in [-0.39, 0.29) is 0 Å². The Labute approximate surface area is 280 Å². The van der Waals surface area contributed by atoms with Crippen LogP contribution in [0.2, 0.25) is 0 Å². The summed E-state index contributed by atoms with van der Waals surface area (Å²) in [6.07, 6.45) is 0. The standard InChI is InChI=1S/C44H24N4O/c1-46-36-24-28(26-45)41(48-39-19-8-4-16-34(39)43-40(48)22-21-33-32-15-5-9-20-42(32)49-44(33)43)25-35(36)27-11-10-12-29(23-27)47-37-17-6-2-13-30(37)31-14-3-7-18-38(31)47/h2-25H. The molecule has 3 heterocycles. The van der Waals surface area contributed by atoms with E-state index >= 15 is 0 Å². The quantitative estimate of drug-likeness (QED) is 0.184. The Kier molecular flexibility index (Phi) is 5.64. The number of hydrogen-bond acceptors (Lipinski definition) is 2. The first-order valence-electron chi connectivity index (χ1n) is 16.1. The molecule has 0 aliphatic carbocycles. The summed E-state index contributed by atoms with van der Waals surface area (Å²) in [5.41, 5.74) is 10.0. The Morgan fingerprint density at radius 2 is 1.22 bits per heavy atom. The summed E-state index contributed by atoms with van der Waals surface area (Å²) in [5, 5.41) is 17.0. The first-order valence-corrected chi connectivity index (χ1v) is 16.1. The average molecular weight is 625 g/mol. The van der Waals surface area contributed by atoms with Crippen LogP contribution in [0, 0.1) is 17.9 Å². The van der Waals surface area contributed by atoms with Gasteiger partial charge < -0.3 is 13.6 Å². The number of benzene rings is 7. The molecule has 5 heteroatoms. The normalized spacial score (nSPS) is 11.6. The molecule has 10 aromatic rings. The molecule has 49 heavy (non-hydrogen) atoms. The van der Waals surface area contributed by atoms with Crippen molar-refractivity contribution in [2.45, 2.75) is 0 Å². The molecule has 0 aliphatic heterocycles. The highest BCUT2D eigenvalue weighted by molar-refractivity contribution is 6.24. The predicted molar refractivity (Wildman–Crippen MR) is 199 cm³/mol. The second-order valence-electron chi connectivity index (χ2n) is 12.3. The van der Waals surface area contributed by atoms with Crippen LogP contribution in [-0.2, 0) is 0 Å². The van der Waals surface area contributed by atoms with E-state index in [0.29, 0.717) is 16.9 Å². The monoisotopic (exact) mass is 624 g/mol. The van der Waals surface area contributed by atoms with Crippen LogP contribution in [0.5, 0.6) is 0 Å². The van der Waals surface area contributed by atoms with Crippen molar-refractivity contribution in [3.63, 3.8) is 0 Å². The fourth-order valence-electron chi connectivity index (χ4n) is 7.68. The van der Waals surface area contributed by atoms with Gasteiger partial charge in [-0.25, -0.2) is 4.85 Å². The van der Waals surface area contributed by atoms with E-state index in [2.05, 4.69) is 111 Å². The fourth-order valence-corrected chi connectivity index (χ4v) is 7.68. The van der Waals surface area contributed by atoms with Crippen LogP contribution in [0.25, 0.3) is 92.9 Å². The Morgan fingerprint density at radius 3 is 1.94 bits per heavy atom. The van der Waals surface area contributed by atoms with Crippen LogP contribution in [0.1, 0.15) is 5.56 Å². The Bertz CT molecular complexity index is 3030. The van der Waals surface area contributed by atoms with Gasteiger partial charge >= 0.3 is 0 Å². The van der Waals surface area contributed by atoms with Gasteiger partial charge in [-0.2, -0.15) is 5.26 Å². The topological polar surface area (TPSA) is 51.1 Å². The first kappa shape index (κ1) is 27.1. The molecule has 0 spiro atoms. The lowest BCUT2D eigenvalue weighted by Gasteiger charge is -2.15. The summed E-state index contributed by atoms with van der Waals surface area (Å²) >= 11 is 0. The molecule has 226 valence electrons. The Balaban J connectivity index is 1.24. The molecule has 0 radical (unpaired) electrons. The van der Waals surface area contributed by atoms with Crippen LogP contribution in [0.4, 0.5) is 5.69 Å². The van der Waals surface area contributed by atoms with Gasteiger partial charge in [0, 0.05) is 32.6 Å². The number of furan rings is 1. The largest absolute Gasteiger partial charge is 0.455 e. The lowest BCUT2D eigenvalue weighted by Crippen LogP contribution is -1.99. The summed E-state index contributed by atoms with van der Waals surface area (Å²) in [6.45, 7) is 8.16. The van der Waals surface area contributed by atoms with Crippen molar-refractivity contribution in [2.24, 2.45) is 0 Å². The van der Waals surface area contributed by atoms with Crippen molar-refractivity contribution >= 4 is 71.2 Å². The molecular formula is C44H24N4O. The number of nitriles is 1. The molecular weight excluding hydrogens is 601 g/mol. The zero-order chi connectivity index (χ0) is 32.6. The minimum Gasteiger partial charge on any atom is -0.455 e. The fraction of sp³-hybridized carbons (Fsp3) is 0. The zero-order valence-corrected chi connectivity index (χ0v) is 26.1. The Hall–Kier alpha value is -7.08. The third-order valence-corrected chi connectivity index (χ3v) is 9.77. The van der Waals surface area contributed by atoms with Crippen molar-refractivity contribution in [1.82, 2.24) is 9.13 Å². The van der Waals surface area contributed by atoms with Gasteiger partial charge in [0.15, 0.2) is 5.69 Å². The van der Waals surface area contributed by atoms with E-state index in [9.17, 15) is 5.26 Å². The number of aromatic nitrogens is 2. The van der Waals surface area contributed by atoms with E-state index in [4.69, 9.17) is 11.0 Å². The number of hydrogen-bond donors (Lipinski definition) is 0. The lowest BCUT2D eigenvalue weighted by molar-refractivity contribution is 0.673. The molecule has 0 amide bonds. The van der Waals surface area contributed by atoms with Gasteiger partial charge in [-0.05, 0) is 71.8 Å². The molecule has 0 bridgehead atoms. The molecule has 3 aromatic heterocycles. The maximum Gasteiger partial charge on any atom is 0.196 e.